The van der Waals surface area contributed by atoms with Crippen molar-refractivity contribution in [1.82, 2.24) is 9.97 Å². The molecule has 0 aliphatic heterocycles. The summed E-state index contributed by atoms with van der Waals surface area (Å²) in [6, 6.07) is 44.5. The van der Waals surface area contributed by atoms with Gasteiger partial charge in [-0.25, -0.2) is 9.97 Å². The maximum atomic E-state index is 5.74. The number of benzene rings is 5. The number of hydrogen-bond donors (Lipinski definition) is 0. The maximum Gasteiger partial charge on any atom is 0.135 e. The monoisotopic (exact) mass is 574 g/mol. The van der Waals surface area contributed by atoms with Gasteiger partial charge in [0.15, 0.2) is 0 Å². The first kappa shape index (κ1) is 25.6. The van der Waals surface area contributed by atoms with Crippen LogP contribution in [0, 0.1) is 17.8 Å². The van der Waals surface area contributed by atoms with Gasteiger partial charge in [-0.1, -0.05) is 115 Å². The summed E-state index contributed by atoms with van der Waals surface area (Å²) < 4.78 is 0. The molecule has 0 radical (unpaired) electrons. The summed E-state index contributed by atoms with van der Waals surface area (Å²) in [5.41, 5.74) is 3.60. The van der Waals surface area contributed by atoms with Crippen molar-refractivity contribution in [3.63, 3.8) is 0 Å². The zero-order chi connectivity index (χ0) is 28.4. The third kappa shape index (κ3) is 4.26. The summed E-state index contributed by atoms with van der Waals surface area (Å²) in [5.74, 6) is 3.66. The molecular weight excluding hydrogens is 539 g/mol. The Hall–Kier alpha value is -3.87. The third-order valence-electron chi connectivity index (χ3n) is 10.5. The lowest BCUT2D eigenvalue weighted by atomic mass is 9.49. The molecule has 0 spiro atoms. The van der Waals surface area contributed by atoms with Crippen LogP contribution in [-0.2, 0) is 5.41 Å². The number of para-hydroxylation sites is 1. The van der Waals surface area contributed by atoms with Gasteiger partial charge in [-0.2, -0.15) is 0 Å². The summed E-state index contributed by atoms with van der Waals surface area (Å²) in [7, 11) is -0.816. The quantitative estimate of drug-likeness (QED) is 0.193. The SMILES string of the molecule is c1ccc(P(c2ccccc2)c2ccc3ccccc3c2-c2nc(C34CC5CC(CC(C5)C3)C4)nc3ccccc23)cc1. The normalized spacial score (nSPS) is 24.3. The smallest absolute Gasteiger partial charge is 0.135 e. The molecule has 4 aliphatic carbocycles. The van der Waals surface area contributed by atoms with Gasteiger partial charge in [0.2, 0.25) is 0 Å². The Bertz CT molecular complexity index is 1890. The van der Waals surface area contributed by atoms with Crippen LogP contribution in [0.25, 0.3) is 32.9 Å². The second-order valence-electron chi connectivity index (χ2n) is 13.3. The number of fused-ring (bicyclic) bond motifs is 2. The molecule has 4 bridgehead atoms. The molecule has 210 valence electrons. The molecule has 1 heterocycles. The Morgan fingerprint density at radius 2 is 1.09 bits per heavy atom. The molecular formula is C40H35N2P. The van der Waals surface area contributed by atoms with E-state index in [1.165, 1.54) is 70.8 Å². The van der Waals surface area contributed by atoms with E-state index in [0.29, 0.717) is 0 Å². The predicted octanol–water partition coefficient (Wildman–Crippen LogP) is 8.68. The molecule has 4 aliphatic rings. The van der Waals surface area contributed by atoms with Crippen molar-refractivity contribution in [1.29, 1.82) is 0 Å². The molecule has 0 unspecified atom stereocenters. The number of nitrogens with zero attached hydrogens (tertiary/aromatic N) is 2. The number of rotatable bonds is 5. The minimum Gasteiger partial charge on any atom is -0.232 e. The van der Waals surface area contributed by atoms with E-state index in [-0.39, 0.29) is 5.41 Å². The summed E-state index contributed by atoms with van der Waals surface area (Å²) in [5, 5.41) is 7.78. The first-order valence-electron chi connectivity index (χ1n) is 15.9. The molecule has 0 atom stereocenters. The topological polar surface area (TPSA) is 25.8 Å². The summed E-state index contributed by atoms with van der Waals surface area (Å²) >= 11 is 0. The molecule has 1 aromatic heterocycles. The van der Waals surface area contributed by atoms with E-state index in [2.05, 4.69) is 121 Å². The van der Waals surface area contributed by atoms with E-state index < -0.39 is 7.92 Å². The largest absolute Gasteiger partial charge is 0.232 e. The van der Waals surface area contributed by atoms with Crippen LogP contribution in [0.15, 0.2) is 121 Å². The van der Waals surface area contributed by atoms with Gasteiger partial charge in [-0.05, 0) is 97.0 Å². The molecule has 0 saturated heterocycles. The maximum absolute atomic E-state index is 5.74. The van der Waals surface area contributed by atoms with Crippen molar-refractivity contribution in [2.75, 3.05) is 0 Å². The van der Waals surface area contributed by atoms with E-state index in [9.17, 15) is 0 Å². The number of aromatic nitrogens is 2. The third-order valence-corrected chi connectivity index (χ3v) is 13.0. The molecule has 5 aromatic carbocycles. The summed E-state index contributed by atoms with van der Waals surface area (Å²) in [6.07, 6.45) is 8.06. The molecule has 6 aromatic rings. The van der Waals surface area contributed by atoms with Crippen LogP contribution < -0.4 is 15.9 Å². The Labute approximate surface area is 255 Å². The molecule has 2 nitrogen and oxygen atoms in total. The zero-order valence-electron chi connectivity index (χ0n) is 24.4. The Kier molecular flexibility index (Phi) is 6.02. The fourth-order valence-electron chi connectivity index (χ4n) is 9.17. The summed E-state index contributed by atoms with van der Waals surface area (Å²) in [4.78, 5) is 11.2. The van der Waals surface area contributed by atoms with E-state index in [0.717, 1.165) is 40.2 Å². The van der Waals surface area contributed by atoms with Gasteiger partial charge < -0.3 is 0 Å². The summed E-state index contributed by atoms with van der Waals surface area (Å²) in [6.45, 7) is 0. The lowest BCUT2D eigenvalue weighted by Gasteiger charge is -2.56. The van der Waals surface area contributed by atoms with E-state index >= 15 is 0 Å². The van der Waals surface area contributed by atoms with Gasteiger partial charge in [0.05, 0.1) is 11.2 Å². The number of hydrogen-bond acceptors (Lipinski definition) is 2. The van der Waals surface area contributed by atoms with Crippen molar-refractivity contribution in [3.05, 3.63) is 127 Å². The zero-order valence-corrected chi connectivity index (χ0v) is 25.3. The van der Waals surface area contributed by atoms with Crippen LogP contribution in [0.1, 0.15) is 44.3 Å². The highest BCUT2D eigenvalue weighted by Gasteiger charge is 2.53. The lowest BCUT2D eigenvalue weighted by molar-refractivity contribution is -0.00918. The van der Waals surface area contributed by atoms with Gasteiger partial charge in [0.1, 0.15) is 5.82 Å². The van der Waals surface area contributed by atoms with Crippen LogP contribution in [0.5, 0.6) is 0 Å². The minimum absolute atomic E-state index is 0.127. The van der Waals surface area contributed by atoms with Crippen LogP contribution >= 0.6 is 7.92 Å². The van der Waals surface area contributed by atoms with E-state index in [4.69, 9.17) is 9.97 Å². The van der Waals surface area contributed by atoms with Gasteiger partial charge in [0.25, 0.3) is 0 Å². The Balaban J connectivity index is 1.35. The highest BCUT2D eigenvalue weighted by molar-refractivity contribution is 7.80. The van der Waals surface area contributed by atoms with Crippen LogP contribution in [0.3, 0.4) is 0 Å². The van der Waals surface area contributed by atoms with Crippen LogP contribution in [-0.4, -0.2) is 9.97 Å². The fourth-order valence-corrected chi connectivity index (χ4v) is 11.6. The average molecular weight is 575 g/mol. The van der Waals surface area contributed by atoms with Crippen molar-refractivity contribution in [2.45, 2.75) is 43.9 Å². The van der Waals surface area contributed by atoms with Crippen molar-refractivity contribution in [2.24, 2.45) is 17.8 Å². The lowest BCUT2D eigenvalue weighted by Crippen LogP contribution is -2.49. The minimum atomic E-state index is -0.816. The van der Waals surface area contributed by atoms with Gasteiger partial charge in [-0.3, -0.25) is 0 Å². The van der Waals surface area contributed by atoms with Crippen LogP contribution in [0.4, 0.5) is 0 Å². The molecule has 10 rings (SSSR count). The van der Waals surface area contributed by atoms with Gasteiger partial charge >= 0.3 is 0 Å². The highest BCUT2D eigenvalue weighted by Crippen LogP contribution is 2.60. The van der Waals surface area contributed by atoms with Crippen LogP contribution in [0.2, 0.25) is 0 Å². The Morgan fingerprint density at radius 1 is 0.535 bits per heavy atom. The molecule has 4 saturated carbocycles. The van der Waals surface area contributed by atoms with Crippen molar-refractivity contribution < 1.29 is 0 Å². The van der Waals surface area contributed by atoms with Gasteiger partial charge in [0, 0.05) is 16.4 Å². The highest BCUT2D eigenvalue weighted by atomic mass is 31.1. The first-order chi connectivity index (χ1) is 21.2. The fraction of sp³-hybridized carbons (Fsp3) is 0.250. The second-order valence-corrected chi connectivity index (χ2v) is 15.5. The molecule has 43 heavy (non-hydrogen) atoms. The predicted molar refractivity (Wildman–Crippen MR) is 181 cm³/mol. The molecule has 3 heteroatoms. The molecule has 0 amide bonds. The van der Waals surface area contributed by atoms with Crippen molar-refractivity contribution >= 4 is 45.5 Å². The first-order valence-corrected chi connectivity index (χ1v) is 17.3. The van der Waals surface area contributed by atoms with E-state index in [1.54, 1.807) is 0 Å². The molecule has 0 N–H and O–H groups in total. The standard InChI is InChI=1S/C40H35N2P/c1-3-12-31(13-4-1)43(32-14-5-2-6-15-32)36-20-19-30-11-7-8-16-33(30)37(36)38-34-17-9-10-18-35(34)41-39(42-38)40-24-27-21-28(25-40)23-29(22-27)26-40/h1-20,27-29H,21-26H2. The second kappa shape index (κ2) is 10.1. The van der Waals surface area contributed by atoms with E-state index in [1.807, 2.05) is 0 Å². The van der Waals surface area contributed by atoms with Crippen molar-refractivity contribution in [3.8, 4) is 11.3 Å². The molecule has 4 fully saturated rings. The average Bonchev–Trinajstić information content (AvgIpc) is 3.05. The Morgan fingerprint density at radius 3 is 1.74 bits per heavy atom. The van der Waals surface area contributed by atoms with Gasteiger partial charge in [-0.15, -0.1) is 0 Å².